The van der Waals surface area contributed by atoms with E-state index in [9.17, 15) is 5.11 Å². The van der Waals surface area contributed by atoms with E-state index in [0.717, 1.165) is 13.1 Å². The van der Waals surface area contributed by atoms with Gasteiger partial charge in [0.25, 0.3) is 0 Å². The molecule has 100 valence electrons. The average Bonchev–Trinajstić information content (AvgIpc) is 2.30. The Morgan fingerprint density at radius 2 is 1.94 bits per heavy atom. The summed E-state index contributed by atoms with van der Waals surface area (Å²) in [5.41, 5.74) is 3.96. The van der Waals surface area contributed by atoms with Crippen LogP contribution in [0.25, 0.3) is 0 Å². The first-order valence-corrected chi connectivity index (χ1v) is 6.62. The van der Waals surface area contributed by atoms with Crippen molar-refractivity contribution in [1.29, 1.82) is 0 Å². The standard InChI is InChI=1S/C15H23NO2/c1-11-4-12(2)6-14(5-11)7-16-8-15(9-17)18-10-13(16)3/h4-6,13,15,17H,7-10H2,1-3H3. The Morgan fingerprint density at radius 3 is 2.56 bits per heavy atom. The van der Waals surface area contributed by atoms with E-state index in [4.69, 9.17) is 4.74 Å². The number of hydrogen-bond donors (Lipinski definition) is 1. The number of benzene rings is 1. The Kier molecular flexibility index (Phi) is 4.38. The van der Waals surface area contributed by atoms with E-state index in [0.29, 0.717) is 12.6 Å². The van der Waals surface area contributed by atoms with Crippen LogP contribution in [0.1, 0.15) is 23.6 Å². The van der Waals surface area contributed by atoms with Crippen molar-refractivity contribution in [3.8, 4) is 0 Å². The molecule has 0 aromatic heterocycles. The fraction of sp³-hybridized carbons (Fsp3) is 0.600. The van der Waals surface area contributed by atoms with Crippen molar-refractivity contribution in [3.05, 3.63) is 34.9 Å². The molecule has 0 saturated carbocycles. The van der Waals surface area contributed by atoms with Gasteiger partial charge in [0.1, 0.15) is 0 Å². The summed E-state index contributed by atoms with van der Waals surface area (Å²) in [5, 5.41) is 9.20. The first-order valence-electron chi connectivity index (χ1n) is 6.62. The second kappa shape index (κ2) is 5.83. The molecule has 1 N–H and O–H groups in total. The summed E-state index contributed by atoms with van der Waals surface area (Å²) in [5.74, 6) is 0. The van der Waals surface area contributed by atoms with E-state index in [-0.39, 0.29) is 12.7 Å². The van der Waals surface area contributed by atoms with Crippen molar-refractivity contribution in [1.82, 2.24) is 4.90 Å². The fourth-order valence-electron chi connectivity index (χ4n) is 2.60. The highest BCUT2D eigenvalue weighted by atomic mass is 16.5. The molecule has 1 saturated heterocycles. The number of aliphatic hydroxyl groups is 1. The van der Waals surface area contributed by atoms with Crippen LogP contribution >= 0.6 is 0 Å². The van der Waals surface area contributed by atoms with Crippen LogP contribution in [0.3, 0.4) is 0 Å². The van der Waals surface area contributed by atoms with Crippen LogP contribution in [0.15, 0.2) is 18.2 Å². The zero-order chi connectivity index (χ0) is 13.1. The highest BCUT2D eigenvalue weighted by molar-refractivity contribution is 5.28. The maximum Gasteiger partial charge on any atom is 0.0933 e. The van der Waals surface area contributed by atoms with Crippen LogP contribution in [0.5, 0.6) is 0 Å². The second-order valence-electron chi connectivity index (χ2n) is 5.41. The SMILES string of the molecule is Cc1cc(C)cc(CN2CC(CO)OCC2C)c1. The molecule has 0 radical (unpaired) electrons. The molecular formula is C15H23NO2. The molecule has 1 aromatic rings. The van der Waals surface area contributed by atoms with E-state index in [1.54, 1.807) is 0 Å². The number of morpholine rings is 1. The second-order valence-corrected chi connectivity index (χ2v) is 5.41. The van der Waals surface area contributed by atoms with E-state index in [1.165, 1.54) is 16.7 Å². The van der Waals surface area contributed by atoms with Gasteiger partial charge in [0, 0.05) is 19.1 Å². The summed E-state index contributed by atoms with van der Waals surface area (Å²) < 4.78 is 5.56. The number of nitrogens with zero attached hydrogens (tertiary/aromatic N) is 1. The summed E-state index contributed by atoms with van der Waals surface area (Å²) in [4.78, 5) is 2.39. The van der Waals surface area contributed by atoms with Gasteiger partial charge in [0.15, 0.2) is 0 Å². The van der Waals surface area contributed by atoms with Crippen molar-refractivity contribution in [3.63, 3.8) is 0 Å². The Labute approximate surface area is 109 Å². The number of ether oxygens (including phenoxy) is 1. The molecule has 2 rings (SSSR count). The first kappa shape index (κ1) is 13.5. The maximum atomic E-state index is 9.20. The van der Waals surface area contributed by atoms with Gasteiger partial charge in [-0.25, -0.2) is 0 Å². The number of aryl methyl sites for hydroxylation is 2. The molecule has 0 bridgehead atoms. The van der Waals surface area contributed by atoms with Crippen LogP contribution in [-0.2, 0) is 11.3 Å². The van der Waals surface area contributed by atoms with E-state index >= 15 is 0 Å². The lowest BCUT2D eigenvalue weighted by molar-refractivity contribution is -0.0805. The lowest BCUT2D eigenvalue weighted by Crippen LogP contribution is -2.48. The summed E-state index contributed by atoms with van der Waals surface area (Å²) in [6.07, 6.45) is -0.0351. The van der Waals surface area contributed by atoms with Crippen LogP contribution in [0.2, 0.25) is 0 Å². The van der Waals surface area contributed by atoms with Gasteiger partial charge in [-0.3, -0.25) is 4.90 Å². The van der Waals surface area contributed by atoms with Gasteiger partial charge in [-0.15, -0.1) is 0 Å². The highest BCUT2D eigenvalue weighted by Crippen LogP contribution is 2.17. The molecule has 1 fully saturated rings. The van der Waals surface area contributed by atoms with Crippen molar-refractivity contribution in [2.45, 2.75) is 39.5 Å². The maximum absolute atomic E-state index is 9.20. The Morgan fingerprint density at radius 1 is 1.28 bits per heavy atom. The minimum Gasteiger partial charge on any atom is -0.394 e. The van der Waals surface area contributed by atoms with Gasteiger partial charge < -0.3 is 9.84 Å². The molecule has 0 aliphatic carbocycles. The molecule has 3 nitrogen and oxygen atoms in total. The van der Waals surface area contributed by atoms with Crippen molar-refractivity contribution in [2.75, 3.05) is 19.8 Å². The summed E-state index contributed by atoms with van der Waals surface area (Å²) in [6.45, 7) is 9.00. The third-order valence-corrected chi connectivity index (χ3v) is 3.51. The van der Waals surface area contributed by atoms with Gasteiger partial charge in [0.2, 0.25) is 0 Å². The smallest absolute Gasteiger partial charge is 0.0933 e. The largest absolute Gasteiger partial charge is 0.394 e. The molecule has 3 heteroatoms. The van der Waals surface area contributed by atoms with E-state index in [2.05, 4.69) is 43.9 Å². The van der Waals surface area contributed by atoms with Gasteiger partial charge in [-0.2, -0.15) is 0 Å². The van der Waals surface area contributed by atoms with Gasteiger partial charge in [-0.1, -0.05) is 29.3 Å². The van der Waals surface area contributed by atoms with Crippen LogP contribution in [0.4, 0.5) is 0 Å². The molecule has 1 aromatic carbocycles. The zero-order valence-corrected chi connectivity index (χ0v) is 11.5. The number of hydrogen-bond acceptors (Lipinski definition) is 3. The predicted octanol–water partition coefficient (Wildman–Crippen LogP) is 1.89. The lowest BCUT2D eigenvalue weighted by Gasteiger charge is -2.37. The van der Waals surface area contributed by atoms with Crippen LogP contribution < -0.4 is 0 Å². The first-order chi connectivity index (χ1) is 8.58. The highest BCUT2D eigenvalue weighted by Gasteiger charge is 2.25. The zero-order valence-electron chi connectivity index (χ0n) is 11.5. The van der Waals surface area contributed by atoms with Gasteiger partial charge in [0.05, 0.1) is 19.3 Å². The van der Waals surface area contributed by atoms with Crippen molar-refractivity contribution in [2.24, 2.45) is 0 Å². The molecule has 2 unspecified atom stereocenters. The third kappa shape index (κ3) is 3.31. The summed E-state index contributed by atoms with van der Waals surface area (Å²) >= 11 is 0. The summed E-state index contributed by atoms with van der Waals surface area (Å²) in [7, 11) is 0. The van der Waals surface area contributed by atoms with Gasteiger partial charge in [-0.05, 0) is 26.3 Å². The van der Waals surface area contributed by atoms with Gasteiger partial charge >= 0.3 is 0 Å². The van der Waals surface area contributed by atoms with Crippen LogP contribution in [0, 0.1) is 13.8 Å². The summed E-state index contributed by atoms with van der Waals surface area (Å²) in [6, 6.07) is 7.09. The van der Waals surface area contributed by atoms with Crippen molar-refractivity contribution >= 4 is 0 Å². The topological polar surface area (TPSA) is 32.7 Å². The lowest BCUT2D eigenvalue weighted by atomic mass is 10.1. The molecule has 0 amide bonds. The average molecular weight is 249 g/mol. The number of aliphatic hydroxyl groups excluding tert-OH is 1. The molecule has 0 spiro atoms. The molecule has 1 heterocycles. The van der Waals surface area contributed by atoms with E-state index in [1.807, 2.05) is 0 Å². The minimum atomic E-state index is -0.0351. The Bertz CT molecular complexity index is 385. The van der Waals surface area contributed by atoms with Crippen molar-refractivity contribution < 1.29 is 9.84 Å². The molecule has 1 aliphatic rings. The molecule has 18 heavy (non-hydrogen) atoms. The quantitative estimate of drug-likeness (QED) is 0.888. The predicted molar refractivity (Wildman–Crippen MR) is 72.6 cm³/mol. The normalized spacial score (nSPS) is 25.3. The minimum absolute atomic E-state index is 0.0351. The monoisotopic (exact) mass is 249 g/mol. The Balaban J connectivity index is 2.06. The molecule has 1 aliphatic heterocycles. The van der Waals surface area contributed by atoms with E-state index < -0.39 is 0 Å². The Hall–Kier alpha value is -0.900. The van der Waals surface area contributed by atoms with Crippen LogP contribution in [-0.4, -0.2) is 41.9 Å². The third-order valence-electron chi connectivity index (χ3n) is 3.51. The molecule has 2 atom stereocenters. The molecular weight excluding hydrogens is 226 g/mol. The fourth-order valence-corrected chi connectivity index (χ4v) is 2.60. The number of rotatable bonds is 3.